The Labute approximate surface area is 120 Å². The SMILES string of the molecule is COCCNCCNC(=O)c1ccn(C(C)C)n1.Cl. The molecule has 1 amide bonds. The van der Waals surface area contributed by atoms with Gasteiger partial charge in [0, 0.05) is 39.0 Å². The number of hydrogen-bond acceptors (Lipinski definition) is 4. The molecule has 0 aliphatic rings. The van der Waals surface area contributed by atoms with Crippen LogP contribution in [0.25, 0.3) is 0 Å². The van der Waals surface area contributed by atoms with Crippen LogP contribution in [-0.2, 0) is 4.74 Å². The minimum absolute atomic E-state index is 0. The highest BCUT2D eigenvalue weighted by atomic mass is 35.5. The van der Waals surface area contributed by atoms with Gasteiger partial charge in [-0.05, 0) is 19.9 Å². The van der Waals surface area contributed by atoms with Gasteiger partial charge in [-0.15, -0.1) is 12.4 Å². The molecule has 1 rings (SSSR count). The molecule has 1 aromatic rings. The van der Waals surface area contributed by atoms with Crippen LogP contribution in [0.2, 0.25) is 0 Å². The van der Waals surface area contributed by atoms with Crippen molar-refractivity contribution in [1.82, 2.24) is 20.4 Å². The van der Waals surface area contributed by atoms with Gasteiger partial charge in [-0.1, -0.05) is 0 Å². The van der Waals surface area contributed by atoms with Crippen LogP contribution in [0.1, 0.15) is 30.4 Å². The van der Waals surface area contributed by atoms with E-state index in [1.165, 1.54) is 0 Å². The van der Waals surface area contributed by atoms with Crippen LogP contribution in [0.5, 0.6) is 0 Å². The average molecular weight is 291 g/mol. The molecule has 0 spiro atoms. The summed E-state index contributed by atoms with van der Waals surface area (Å²) in [6.07, 6.45) is 1.82. The maximum atomic E-state index is 11.7. The van der Waals surface area contributed by atoms with Gasteiger partial charge in [0.05, 0.1) is 6.61 Å². The molecule has 0 aliphatic heterocycles. The molecule has 110 valence electrons. The van der Waals surface area contributed by atoms with Crippen LogP contribution >= 0.6 is 12.4 Å². The van der Waals surface area contributed by atoms with Crippen molar-refractivity contribution in [3.8, 4) is 0 Å². The number of methoxy groups -OCH3 is 1. The van der Waals surface area contributed by atoms with Crippen molar-refractivity contribution >= 4 is 18.3 Å². The summed E-state index contributed by atoms with van der Waals surface area (Å²) in [5.41, 5.74) is 0.459. The first-order chi connectivity index (χ1) is 8.65. The lowest BCUT2D eigenvalue weighted by molar-refractivity contribution is 0.0947. The average Bonchev–Trinajstić information content (AvgIpc) is 2.83. The first-order valence-corrected chi connectivity index (χ1v) is 6.18. The zero-order chi connectivity index (χ0) is 13.4. The first-order valence-electron chi connectivity index (χ1n) is 6.18. The van der Waals surface area contributed by atoms with Gasteiger partial charge in [0.1, 0.15) is 5.69 Å². The molecule has 0 bridgehead atoms. The van der Waals surface area contributed by atoms with Gasteiger partial charge in [-0.25, -0.2) is 0 Å². The fourth-order valence-corrected chi connectivity index (χ4v) is 1.40. The second-order valence-electron chi connectivity index (χ2n) is 4.27. The quantitative estimate of drug-likeness (QED) is 0.697. The van der Waals surface area contributed by atoms with Crippen LogP contribution in [0.4, 0.5) is 0 Å². The Balaban J connectivity index is 0.00000324. The fraction of sp³-hybridized carbons (Fsp3) is 0.667. The summed E-state index contributed by atoms with van der Waals surface area (Å²) < 4.78 is 6.67. The van der Waals surface area contributed by atoms with Crippen LogP contribution in [0, 0.1) is 0 Å². The molecule has 2 N–H and O–H groups in total. The summed E-state index contributed by atoms with van der Waals surface area (Å²) in [4.78, 5) is 11.7. The fourth-order valence-electron chi connectivity index (χ4n) is 1.40. The highest BCUT2D eigenvalue weighted by molar-refractivity contribution is 5.92. The number of halogens is 1. The Morgan fingerprint density at radius 3 is 2.74 bits per heavy atom. The highest BCUT2D eigenvalue weighted by Gasteiger charge is 2.09. The number of carbonyl (C=O) groups is 1. The minimum atomic E-state index is -0.136. The number of rotatable bonds is 8. The standard InChI is InChI=1S/C12H22N4O2.ClH/c1-10(2)16-8-4-11(15-16)12(17)14-6-5-13-7-9-18-3;/h4,8,10,13H,5-7,9H2,1-3H3,(H,14,17);1H. The summed E-state index contributed by atoms with van der Waals surface area (Å²) in [5.74, 6) is -0.136. The second-order valence-corrected chi connectivity index (χ2v) is 4.27. The molecule has 0 fully saturated rings. The first kappa shape index (κ1) is 17.9. The van der Waals surface area contributed by atoms with Crippen molar-refractivity contribution in [1.29, 1.82) is 0 Å². The predicted molar refractivity (Wildman–Crippen MR) is 76.9 cm³/mol. The molecule has 0 saturated heterocycles. The smallest absolute Gasteiger partial charge is 0.271 e. The summed E-state index contributed by atoms with van der Waals surface area (Å²) in [6.45, 7) is 6.81. The molecule has 6 nitrogen and oxygen atoms in total. The Morgan fingerprint density at radius 1 is 1.42 bits per heavy atom. The van der Waals surface area contributed by atoms with Gasteiger partial charge in [0.2, 0.25) is 0 Å². The lowest BCUT2D eigenvalue weighted by Gasteiger charge is -2.06. The second kappa shape index (κ2) is 9.77. The van der Waals surface area contributed by atoms with E-state index in [1.807, 2.05) is 20.0 Å². The predicted octanol–water partition coefficient (Wildman–Crippen LogP) is 0.852. The normalized spacial score (nSPS) is 10.3. The van der Waals surface area contributed by atoms with Crippen LogP contribution in [0.3, 0.4) is 0 Å². The summed E-state index contributed by atoms with van der Waals surface area (Å²) in [5, 5.41) is 10.2. The third-order valence-corrected chi connectivity index (χ3v) is 2.44. The zero-order valence-electron chi connectivity index (χ0n) is 11.7. The third-order valence-electron chi connectivity index (χ3n) is 2.44. The lowest BCUT2D eigenvalue weighted by Crippen LogP contribution is -2.33. The molecule has 19 heavy (non-hydrogen) atoms. The monoisotopic (exact) mass is 290 g/mol. The van der Waals surface area contributed by atoms with Gasteiger partial charge >= 0.3 is 0 Å². The molecule has 1 heterocycles. The summed E-state index contributed by atoms with van der Waals surface area (Å²) in [7, 11) is 1.66. The van der Waals surface area contributed by atoms with E-state index in [0.29, 0.717) is 18.8 Å². The molecule has 0 unspecified atom stereocenters. The molecule has 1 aromatic heterocycles. The van der Waals surface area contributed by atoms with Gasteiger partial charge in [0.25, 0.3) is 5.91 Å². The van der Waals surface area contributed by atoms with Gasteiger partial charge in [-0.2, -0.15) is 5.10 Å². The van der Waals surface area contributed by atoms with E-state index in [2.05, 4.69) is 15.7 Å². The van der Waals surface area contributed by atoms with Crippen molar-refractivity contribution in [3.63, 3.8) is 0 Å². The van der Waals surface area contributed by atoms with Crippen molar-refractivity contribution in [2.24, 2.45) is 0 Å². The van der Waals surface area contributed by atoms with E-state index in [9.17, 15) is 4.79 Å². The summed E-state index contributed by atoms with van der Waals surface area (Å²) >= 11 is 0. The third kappa shape index (κ3) is 6.56. The molecule has 0 radical (unpaired) electrons. The Hall–Kier alpha value is -1.11. The lowest BCUT2D eigenvalue weighted by atomic mass is 10.4. The maximum absolute atomic E-state index is 11.7. The molecular formula is C12H23ClN4O2. The van der Waals surface area contributed by atoms with Crippen molar-refractivity contribution in [2.45, 2.75) is 19.9 Å². The van der Waals surface area contributed by atoms with E-state index in [4.69, 9.17) is 4.74 Å². The zero-order valence-corrected chi connectivity index (χ0v) is 12.5. The van der Waals surface area contributed by atoms with E-state index < -0.39 is 0 Å². The molecular weight excluding hydrogens is 268 g/mol. The topological polar surface area (TPSA) is 68.2 Å². The van der Waals surface area contributed by atoms with Gasteiger partial charge in [0.15, 0.2) is 0 Å². The molecule has 0 atom stereocenters. The number of ether oxygens (including phenoxy) is 1. The molecule has 7 heteroatoms. The van der Waals surface area contributed by atoms with Crippen LogP contribution < -0.4 is 10.6 Å². The molecule has 0 aliphatic carbocycles. The van der Waals surface area contributed by atoms with E-state index in [1.54, 1.807) is 17.9 Å². The number of aromatic nitrogens is 2. The van der Waals surface area contributed by atoms with Gasteiger partial charge in [-0.3, -0.25) is 9.48 Å². The summed E-state index contributed by atoms with van der Waals surface area (Å²) in [6, 6.07) is 2.00. The number of nitrogens with one attached hydrogen (secondary N) is 2. The maximum Gasteiger partial charge on any atom is 0.271 e. The van der Waals surface area contributed by atoms with Crippen LogP contribution in [0.15, 0.2) is 12.3 Å². The molecule has 0 aromatic carbocycles. The van der Waals surface area contributed by atoms with Crippen molar-refractivity contribution < 1.29 is 9.53 Å². The number of hydrogen-bond donors (Lipinski definition) is 2. The Kier molecular flexibility index (Phi) is 9.20. The number of amides is 1. The minimum Gasteiger partial charge on any atom is -0.383 e. The van der Waals surface area contributed by atoms with Crippen molar-refractivity contribution in [3.05, 3.63) is 18.0 Å². The van der Waals surface area contributed by atoms with E-state index in [0.717, 1.165) is 13.1 Å². The Bertz CT molecular complexity index is 368. The van der Waals surface area contributed by atoms with Gasteiger partial charge < -0.3 is 15.4 Å². The number of carbonyl (C=O) groups excluding carboxylic acids is 1. The van der Waals surface area contributed by atoms with E-state index >= 15 is 0 Å². The largest absolute Gasteiger partial charge is 0.383 e. The van der Waals surface area contributed by atoms with Crippen molar-refractivity contribution in [2.75, 3.05) is 33.4 Å². The number of nitrogens with zero attached hydrogens (tertiary/aromatic N) is 2. The Morgan fingerprint density at radius 2 is 2.16 bits per heavy atom. The van der Waals surface area contributed by atoms with E-state index in [-0.39, 0.29) is 24.4 Å². The van der Waals surface area contributed by atoms with Crippen LogP contribution in [-0.4, -0.2) is 49.0 Å². The molecule has 0 saturated carbocycles. The highest BCUT2D eigenvalue weighted by Crippen LogP contribution is 2.03.